The lowest BCUT2D eigenvalue weighted by Gasteiger charge is -2.12. The fraction of sp³-hybridized carbons (Fsp3) is 0.700. The SMILES string of the molecule is C=CCS(=O)(=O)NC(=O)C1CCCOCC1. The van der Waals surface area contributed by atoms with Crippen molar-refractivity contribution in [1.29, 1.82) is 0 Å². The van der Waals surface area contributed by atoms with Crippen molar-refractivity contribution in [1.82, 2.24) is 4.72 Å². The van der Waals surface area contributed by atoms with E-state index in [0.717, 1.165) is 6.42 Å². The van der Waals surface area contributed by atoms with E-state index in [4.69, 9.17) is 4.74 Å². The minimum atomic E-state index is -3.55. The Labute approximate surface area is 95.9 Å². The molecule has 0 aromatic rings. The van der Waals surface area contributed by atoms with Crippen molar-refractivity contribution in [2.24, 2.45) is 5.92 Å². The maximum absolute atomic E-state index is 11.7. The lowest BCUT2D eigenvalue weighted by molar-refractivity contribution is -0.123. The first kappa shape index (κ1) is 13.2. The number of nitrogens with one attached hydrogen (secondary N) is 1. The van der Waals surface area contributed by atoms with Gasteiger partial charge in [-0.25, -0.2) is 8.42 Å². The van der Waals surface area contributed by atoms with E-state index in [1.165, 1.54) is 6.08 Å². The van der Waals surface area contributed by atoms with Gasteiger partial charge in [0.2, 0.25) is 15.9 Å². The molecule has 1 aliphatic rings. The molecule has 0 aromatic carbocycles. The van der Waals surface area contributed by atoms with Crippen LogP contribution in [0.25, 0.3) is 0 Å². The molecule has 1 fully saturated rings. The van der Waals surface area contributed by atoms with E-state index in [1.807, 2.05) is 0 Å². The van der Waals surface area contributed by atoms with Crippen molar-refractivity contribution in [2.45, 2.75) is 19.3 Å². The van der Waals surface area contributed by atoms with Crippen LogP contribution in [0.3, 0.4) is 0 Å². The predicted octanol–water partition coefficient (Wildman–Crippen LogP) is 0.435. The van der Waals surface area contributed by atoms with Gasteiger partial charge in [-0.05, 0) is 19.3 Å². The van der Waals surface area contributed by atoms with Gasteiger partial charge in [-0.1, -0.05) is 6.08 Å². The molecule has 0 aliphatic carbocycles. The molecule has 1 saturated heterocycles. The summed E-state index contributed by atoms with van der Waals surface area (Å²) < 4.78 is 29.9. The third-order valence-electron chi connectivity index (χ3n) is 2.42. The van der Waals surface area contributed by atoms with E-state index in [-0.39, 0.29) is 11.7 Å². The Morgan fingerprint density at radius 3 is 2.88 bits per heavy atom. The van der Waals surface area contributed by atoms with Gasteiger partial charge in [-0.2, -0.15) is 0 Å². The van der Waals surface area contributed by atoms with Gasteiger partial charge in [0.1, 0.15) is 0 Å². The molecule has 1 heterocycles. The third kappa shape index (κ3) is 4.32. The lowest BCUT2D eigenvalue weighted by atomic mass is 10.0. The maximum Gasteiger partial charge on any atom is 0.238 e. The summed E-state index contributed by atoms with van der Waals surface area (Å²) in [7, 11) is -3.55. The largest absolute Gasteiger partial charge is 0.381 e. The molecule has 6 heteroatoms. The van der Waals surface area contributed by atoms with E-state index >= 15 is 0 Å². The normalized spacial score (nSPS) is 22.1. The second-order valence-corrected chi connectivity index (χ2v) is 5.54. The molecule has 1 aliphatic heterocycles. The number of ether oxygens (including phenoxy) is 1. The van der Waals surface area contributed by atoms with Crippen LogP contribution in [0.4, 0.5) is 0 Å². The molecule has 92 valence electrons. The van der Waals surface area contributed by atoms with Crippen molar-refractivity contribution in [3.8, 4) is 0 Å². The minimum Gasteiger partial charge on any atom is -0.381 e. The van der Waals surface area contributed by atoms with Crippen molar-refractivity contribution < 1.29 is 17.9 Å². The Kier molecular flexibility index (Phi) is 4.95. The van der Waals surface area contributed by atoms with Gasteiger partial charge in [0.25, 0.3) is 0 Å². The number of amides is 1. The summed E-state index contributed by atoms with van der Waals surface area (Å²) >= 11 is 0. The van der Waals surface area contributed by atoms with E-state index < -0.39 is 15.9 Å². The van der Waals surface area contributed by atoms with Crippen molar-refractivity contribution in [3.63, 3.8) is 0 Å². The van der Waals surface area contributed by atoms with Crippen LogP contribution >= 0.6 is 0 Å². The summed E-state index contributed by atoms with van der Waals surface area (Å²) in [4.78, 5) is 11.7. The molecule has 0 aromatic heterocycles. The fourth-order valence-electron chi connectivity index (χ4n) is 1.60. The van der Waals surface area contributed by atoms with Crippen LogP contribution in [0.5, 0.6) is 0 Å². The van der Waals surface area contributed by atoms with E-state index in [9.17, 15) is 13.2 Å². The number of carbonyl (C=O) groups excluding carboxylic acids is 1. The molecular formula is C10H17NO4S. The smallest absolute Gasteiger partial charge is 0.238 e. The zero-order chi connectivity index (χ0) is 12.0. The summed E-state index contributed by atoms with van der Waals surface area (Å²) in [5, 5.41) is 0. The Bertz CT molecular complexity index is 342. The average molecular weight is 247 g/mol. The van der Waals surface area contributed by atoms with Crippen molar-refractivity contribution in [2.75, 3.05) is 19.0 Å². The highest BCUT2D eigenvalue weighted by Gasteiger charge is 2.23. The van der Waals surface area contributed by atoms with Crippen LogP contribution in [0.15, 0.2) is 12.7 Å². The van der Waals surface area contributed by atoms with Gasteiger partial charge in [0, 0.05) is 19.1 Å². The Balaban J connectivity index is 2.53. The van der Waals surface area contributed by atoms with Crippen LogP contribution in [0, 0.1) is 5.92 Å². The highest BCUT2D eigenvalue weighted by molar-refractivity contribution is 7.90. The van der Waals surface area contributed by atoms with Crippen LogP contribution in [0.1, 0.15) is 19.3 Å². The minimum absolute atomic E-state index is 0.234. The quantitative estimate of drug-likeness (QED) is 0.731. The zero-order valence-corrected chi connectivity index (χ0v) is 9.96. The van der Waals surface area contributed by atoms with Crippen molar-refractivity contribution in [3.05, 3.63) is 12.7 Å². The molecule has 1 atom stereocenters. The van der Waals surface area contributed by atoms with Gasteiger partial charge < -0.3 is 4.74 Å². The number of rotatable bonds is 4. The first-order chi connectivity index (χ1) is 7.55. The molecule has 1 unspecified atom stereocenters. The topological polar surface area (TPSA) is 72.5 Å². The Morgan fingerprint density at radius 2 is 2.19 bits per heavy atom. The Morgan fingerprint density at radius 1 is 1.44 bits per heavy atom. The highest BCUT2D eigenvalue weighted by Crippen LogP contribution is 2.16. The van der Waals surface area contributed by atoms with Gasteiger partial charge in [-0.3, -0.25) is 9.52 Å². The standard InChI is InChI=1S/C10H17NO4S/c1-2-8-16(13,14)11-10(12)9-4-3-6-15-7-5-9/h2,9H,1,3-8H2,(H,11,12). The second-order valence-electron chi connectivity index (χ2n) is 3.78. The zero-order valence-electron chi connectivity index (χ0n) is 9.15. The summed E-state index contributed by atoms with van der Waals surface area (Å²) in [6.07, 6.45) is 3.30. The molecule has 1 N–H and O–H groups in total. The van der Waals surface area contributed by atoms with E-state index in [2.05, 4.69) is 11.3 Å². The number of carbonyl (C=O) groups is 1. The summed E-state index contributed by atoms with van der Waals surface area (Å²) in [5.74, 6) is -0.920. The van der Waals surface area contributed by atoms with Crippen molar-refractivity contribution >= 4 is 15.9 Å². The van der Waals surface area contributed by atoms with Gasteiger partial charge in [-0.15, -0.1) is 6.58 Å². The average Bonchev–Trinajstić information content (AvgIpc) is 2.44. The van der Waals surface area contributed by atoms with Crippen LogP contribution in [0.2, 0.25) is 0 Å². The number of hydrogen-bond acceptors (Lipinski definition) is 4. The lowest BCUT2D eigenvalue weighted by Crippen LogP contribution is -2.36. The monoisotopic (exact) mass is 247 g/mol. The van der Waals surface area contributed by atoms with Crippen LogP contribution < -0.4 is 4.72 Å². The van der Waals surface area contributed by atoms with Crippen LogP contribution in [-0.4, -0.2) is 33.3 Å². The van der Waals surface area contributed by atoms with E-state index in [0.29, 0.717) is 26.1 Å². The predicted molar refractivity (Wildman–Crippen MR) is 60.3 cm³/mol. The summed E-state index contributed by atoms with van der Waals surface area (Å²) in [6, 6.07) is 0. The highest BCUT2D eigenvalue weighted by atomic mass is 32.2. The molecule has 5 nitrogen and oxygen atoms in total. The third-order valence-corrected chi connectivity index (χ3v) is 3.60. The molecule has 0 saturated carbocycles. The second kappa shape index (κ2) is 6.00. The summed E-state index contributed by atoms with van der Waals surface area (Å²) in [5.41, 5.74) is 0. The van der Waals surface area contributed by atoms with Crippen LogP contribution in [-0.2, 0) is 19.6 Å². The fourth-order valence-corrected chi connectivity index (χ4v) is 2.47. The first-order valence-electron chi connectivity index (χ1n) is 5.28. The van der Waals surface area contributed by atoms with E-state index in [1.54, 1.807) is 0 Å². The molecule has 0 spiro atoms. The number of hydrogen-bond donors (Lipinski definition) is 1. The molecule has 0 bridgehead atoms. The van der Waals surface area contributed by atoms with Gasteiger partial charge >= 0.3 is 0 Å². The molecule has 1 rings (SSSR count). The maximum atomic E-state index is 11.7. The molecule has 1 amide bonds. The molecule has 0 radical (unpaired) electrons. The Hall–Kier alpha value is -0.880. The van der Waals surface area contributed by atoms with Gasteiger partial charge in [0.05, 0.1) is 5.75 Å². The van der Waals surface area contributed by atoms with Gasteiger partial charge in [0.15, 0.2) is 0 Å². The first-order valence-corrected chi connectivity index (χ1v) is 6.93. The molecular weight excluding hydrogens is 230 g/mol. The summed E-state index contributed by atoms with van der Waals surface area (Å²) in [6.45, 7) is 4.49. The number of sulfonamides is 1. The molecule has 16 heavy (non-hydrogen) atoms.